The minimum Gasteiger partial charge on any atom is -0.348 e. The third-order valence-electron chi connectivity index (χ3n) is 2.51. The number of carbonyl (C=O) groups is 1. The van der Waals surface area contributed by atoms with E-state index in [1.807, 2.05) is 0 Å². The molecule has 92 valence electrons. The maximum Gasteiger partial charge on any atom is 0.251 e. The Kier molecular flexibility index (Phi) is 3.61. The number of amides is 1. The van der Waals surface area contributed by atoms with Crippen LogP contribution in [0.2, 0.25) is 0 Å². The highest BCUT2D eigenvalue weighted by Gasteiger charge is 2.20. The molecule has 17 heavy (non-hydrogen) atoms. The zero-order valence-electron chi connectivity index (χ0n) is 8.80. The van der Waals surface area contributed by atoms with Crippen molar-refractivity contribution in [1.82, 2.24) is 5.32 Å². The Hall–Kier alpha value is -1.17. The van der Waals surface area contributed by atoms with E-state index in [1.54, 1.807) is 11.8 Å². The first-order valence-electron chi connectivity index (χ1n) is 5.11. The Morgan fingerprint density at radius 2 is 1.94 bits per heavy atom. The first-order chi connectivity index (χ1) is 8.08. The lowest BCUT2D eigenvalue weighted by molar-refractivity contribution is 0.0940. The molecule has 1 heterocycles. The Bertz CT molecular complexity index is 423. The normalized spacial score (nSPS) is 19.4. The highest BCUT2D eigenvalue weighted by Crippen LogP contribution is 2.18. The van der Waals surface area contributed by atoms with Crippen LogP contribution in [-0.2, 0) is 0 Å². The molecular weight excluding hydrogens is 251 g/mol. The summed E-state index contributed by atoms with van der Waals surface area (Å²) in [5.74, 6) is -3.09. The number of thioether (sulfide) groups is 1. The smallest absolute Gasteiger partial charge is 0.251 e. The van der Waals surface area contributed by atoms with Crippen LogP contribution in [0.15, 0.2) is 12.1 Å². The number of hydrogen-bond donors (Lipinski definition) is 1. The second-order valence-electron chi connectivity index (χ2n) is 3.79. The van der Waals surface area contributed by atoms with Gasteiger partial charge in [-0.25, -0.2) is 13.2 Å². The van der Waals surface area contributed by atoms with E-state index in [-0.39, 0.29) is 11.6 Å². The van der Waals surface area contributed by atoms with Crippen molar-refractivity contribution in [2.24, 2.45) is 0 Å². The maximum absolute atomic E-state index is 12.9. The summed E-state index contributed by atoms with van der Waals surface area (Å²) in [5, 5.41) is 2.65. The molecule has 1 unspecified atom stereocenters. The summed E-state index contributed by atoms with van der Waals surface area (Å²) in [6.07, 6.45) is 0.836. The minimum absolute atomic E-state index is 0.0173. The highest BCUT2D eigenvalue weighted by atomic mass is 32.2. The van der Waals surface area contributed by atoms with Crippen LogP contribution < -0.4 is 5.32 Å². The molecular formula is C11H10F3NOS. The standard InChI is InChI=1S/C11H10F3NOS/c12-8-3-6(4-9(13)10(8)14)11(16)15-7-1-2-17-5-7/h3-4,7H,1-2,5H2,(H,15,16). The van der Waals surface area contributed by atoms with Crippen molar-refractivity contribution in [2.45, 2.75) is 12.5 Å². The van der Waals surface area contributed by atoms with Gasteiger partial charge in [0.15, 0.2) is 17.5 Å². The first-order valence-corrected chi connectivity index (χ1v) is 6.26. The second kappa shape index (κ2) is 5.00. The lowest BCUT2D eigenvalue weighted by atomic mass is 10.1. The van der Waals surface area contributed by atoms with Crippen LogP contribution >= 0.6 is 11.8 Å². The van der Waals surface area contributed by atoms with Gasteiger partial charge in [-0.05, 0) is 24.3 Å². The SMILES string of the molecule is O=C(NC1CCSC1)c1cc(F)c(F)c(F)c1. The summed E-state index contributed by atoms with van der Waals surface area (Å²) in [6, 6.07) is 1.43. The van der Waals surface area contributed by atoms with E-state index in [0.29, 0.717) is 12.1 Å². The molecule has 0 aliphatic carbocycles. The lowest BCUT2D eigenvalue weighted by Gasteiger charge is -2.11. The second-order valence-corrected chi connectivity index (χ2v) is 4.94. The predicted octanol–water partition coefficient (Wildman–Crippen LogP) is 2.34. The van der Waals surface area contributed by atoms with Crippen molar-refractivity contribution >= 4 is 17.7 Å². The van der Waals surface area contributed by atoms with Crippen molar-refractivity contribution in [3.05, 3.63) is 35.1 Å². The van der Waals surface area contributed by atoms with Crippen LogP contribution in [-0.4, -0.2) is 23.5 Å². The molecule has 2 rings (SSSR count). The summed E-state index contributed by atoms with van der Waals surface area (Å²) in [7, 11) is 0. The van der Waals surface area contributed by atoms with Crippen LogP contribution in [0.3, 0.4) is 0 Å². The van der Waals surface area contributed by atoms with Gasteiger partial charge in [-0.1, -0.05) is 0 Å². The summed E-state index contributed by atoms with van der Waals surface area (Å²) in [4.78, 5) is 11.6. The number of halogens is 3. The molecule has 1 amide bonds. The van der Waals surface area contributed by atoms with Crippen LogP contribution in [0, 0.1) is 17.5 Å². The van der Waals surface area contributed by atoms with E-state index >= 15 is 0 Å². The summed E-state index contributed by atoms with van der Waals surface area (Å²) < 4.78 is 38.5. The molecule has 1 saturated heterocycles. The van der Waals surface area contributed by atoms with Gasteiger partial charge in [0.1, 0.15) is 0 Å². The maximum atomic E-state index is 12.9. The number of benzene rings is 1. The molecule has 0 aromatic heterocycles. The lowest BCUT2D eigenvalue weighted by Crippen LogP contribution is -2.34. The van der Waals surface area contributed by atoms with Gasteiger partial charge in [-0.15, -0.1) is 0 Å². The fourth-order valence-corrected chi connectivity index (χ4v) is 2.76. The van der Waals surface area contributed by atoms with Crippen molar-refractivity contribution in [3.8, 4) is 0 Å². The van der Waals surface area contributed by atoms with Gasteiger partial charge in [0.25, 0.3) is 5.91 Å². The Morgan fingerprint density at radius 1 is 1.29 bits per heavy atom. The molecule has 0 radical (unpaired) electrons. The Labute approximate surface area is 101 Å². The van der Waals surface area contributed by atoms with Crippen LogP contribution in [0.1, 0.15) is 16.8 Å². The van der Waals surface area contributed by atoms with Gasteiger partial charge in [-0.3, -0.25) is 4.79 Å². The Morgan fingerprint density at radius 3 is 2.47 bits per heavy atom. The third kappa shape index (κ3) is 2.74. The molecule has 0 spiro atoms. The van der Waals surface area contributed by atoms with E-state index in [0.717, 1.165) is 17.9 Å². The number of rotatable bonds is 2. The van der Waals surface area contributed by atoms with Crippen molar-refractivity contribution < 1.29 is 18.0 Å². The average molecular weight is 261 g/mol. The quantitative estimate of drug-likeness (QED) is 0.828. The van der Waals surface area contributed by atoms with E-state index in [2.05, 4.69) is 5.32 Å². The van der Waals surface area contributed by atoms with Gasteiger partial charge < -0.3 is 5.32 Å². The van der Waals surface area contributed by atoms with Gasteiger partial charge in [0.2, 0.25) is 0 Å². The first kappa shape index (κ1) is 12.3. The fraction of sp³-hybridized carbons (Fsp3) is 0.364. The molecule has 1 aliphatic heterocycles. The largest absolute Gasteiger partial charge is 0.348 e. The highest BCUT2D eigenvalue weighted by molar-refractivity contribution is 7.99. The summed E-state index contributed by atoms with van der Waals surface area (Å²) >= 11 is 1.71. The number of nitrogens with one attached hydrogen (secondary N) is 1. The summed E-state index contributed by atoms with van der Waals surface area (Å²) in [6.45, 7) is 0. The molecule has 1 aromatic rings. The molecule has 1 fully saturated rings. The number of carbonyl (C=O) groups excluding carboxylic acids is 1. The third-order valence-corrected chi connectivity index (χ3v) is 3.67. The topological polar surface area (TPSA) is 29.1 Å². The van der Waals surface area contributed by atoms with E-state index < -0.39 is 23.4 Å². The molecule has 0 bridgehead atoms. The molecule has 1 aromatic carbocycles. The zero-order chi connectivity index (χ0) is 12.4. The molecule has 6 heteroatoms. The molecule has 2 nitrogen and oxygen atoms in total. The zero-order valence-corrected chi connectivity index (χ0v) is 9.62. The predicted molar refractivity (Wildman–Crippen MR) is 59.5 cm³/mol. The van der Waals surface area contributed by atoms with Gasteiger partial charge in [-0.2, -0.15) is 11.8 Å². The monoisotopic (exact) mass is 261 g/mol. The van der Waals surface area contributed by atoms with Crippen LogP contribution in [0.4, 0.5) is 13.2 Å². The minimum atomic E-state index is -1.56. The molecule has 1 N–H and O–H groups in total. The fourth-order valence-electron chi connectivity index (χ4n) is 1.60. The summed E-state index contributed by atoms with van der Waals surface area (Å²) in [5.41, 5.74) is -0.196. The molecule has 1 atom stereocenters. The van der Waals surface area contributed by atoms with Gasteiger partial charge in [0, 0.05) is 17.4 Å². The van der Waals surface area contributed by atoms with Crippen LogP contribution in [0.25, 0.3) is 0 Å². The van der Waals surface area contributed by atoms with E-state index in [1.165, 1.54) is 0 Å². The van der Waals surface area contributed by atoms with Crippen molar-refractivity contribution in [3.63, 3.8) is 0 Å². The number of hydrogen-bond acceptors (Lipinski definition) is 2. The molecule has 0 saturated carbocycles. The van der Waals surface area contributed by atoms with Gasteiger partial charge in [0.05, 0.1) is 0 Å². The van der Waals surface area contributed by atoms with E-state index in [4.69, 9.17) is 0 Å². The Balaban J connectivity index is 2.13. The van der Waals surface area contributed by atoms with E-state index in [9.17, 15) is 18.0 Å². The van der Waals surface area contributed by atoms with Crippen molar-refractivity contribution in [2.75, 3.05) is 11.5 Å². The van der Waals surface area contributed by atoms with Gasteiger partial charge >= 0.3 is 0 Å². The van der Waals surface area contributed by atoms with Crippen molar-refractivity contribution in [1.29, 1.82) is 0 Å². The van der Waals surface area contributed by atoms with Crippen LogP contribution in [0.5, 0.6) is 0 Å². The average Bonchev–Trinajstić information content (AvgIpc) is 2.77. The molecule has 1 aliphatic rings.